The van der Waals surface area contributed by atoms with Crippen LogP contribution in [-0.4, -0.2) is 42.5 Å². The molecule has 0 bridgehead atoms. The number of aliphatic hydroxyl groups is 1. The van der Waals surface area contributed by atoms with Crippen molar-refractivity contribution < 1.29 is 23.1 Å². The van der Waals surface area contributed by atoms with Crippen molar-refractivity contribution in [3.63, 3.8) is 0 Å². The van der Waals surface area contributed by atoms with Crippen LogP contribution >= 0.6 is 24.0 Å². The third-order valence-corrected chi connectivity index (χ3v) is 4.40. The Morgan fingerprint density at radius 1 is 1.23 bits per heavy atom. The number of aliphatic imine (C=N–C) groups is 1. The predicted octanol–water partition coefficient (Wildman–Crippen LogP) is 3.90. The van der Waals surface area contributed by atoms with Crippen LogP contribution in [-0.2, 0) is 0 Å². The van der Waals surface area contributed by atoms with Crippen molar-refractivity contribution in [1.29, 1.82) is 0 Å². The van der Waals surface area contributed by atoms with Gasteiger partial charge in [0.05, 0.1) is 11.8 Å². The van der Waals surface area contributed by atoms with Gasteiger partial charge in [0, 0.05) is 31.1 Å². The lowest BCUT2D eigenvalue weighted by Crippen LogP contribution is -2.39. The largest absolute Gasteiger partial charge is 0.435 e. The second-order valence-corrected chi connectivity index (χ2v) is 6.70. The van der Waals surface area contributed by atoms with Crippen molar-refractivity contribution in [2.45, 2.75) is 46.3 Å². The van der Waals surface area contributed by atoms with Gasteiger partial charge in [-0.2, -0.15) is 8.78 Å². The van der Waals surface area contributed by atoms with Gasteiger partial charge < -0.3 is 25.0 Å². The Labute approximate surface area is 192 Å². The lowest BCUT2D eigenvalue weighted by molar-refractivity contribution is -0.0498. The van der Waals surface area contributed by atoms with Gasteiger partial charge in [-0.1, -0.05) is 24.2 Å². The van der Waals surface area contributed by atoms with Crippen LogP contribution in [0.2, 0.25) is 0 Å². The highest BCUT2D eigenvalue weighted by molar-refractivity contribution is 14.0. The molecule has 2 atom stereocenters. The van der Waals surface area contributed by atoms with Crippen molar-refractivity contribution in [1.82, 2.24) is 15.8 Å². The molecule has 0 radical (unpaired) electrons. The van der Waals surface area contributed by atoms with E-state index in [1.165, 1.54) is 12.1 Å². The van der Waals surface area contributed by atoms with Gasteiger partial charge in [-0.15, -0.1) is 24.0 Å². The number of nitrogens with one attached hydrogen (secondary N) is 2. The van der Waals surface area contributed by atoms with Crippen molar-refractivity contribution in [3.05, 3.63) is 46.8 Å². The maximum atomic E-state index is 12.2. The molecular weight excluding hydrogens is 509 g/mol. The number of hydrogen-bond acceptors (Lipinski definition) is 5. The summed E-state index contributed by atoms with van der Waals surface area (Å²) in [6, 6.07) is 5.89. The summed E-state index contributed by atoms with van der Waals surface area (Å²) in [5.74, 6) is 1.54. The van der Waals surface area contributed by atoms with Gasteiger partial charge >= 0.3 is 6.61 Å². The van der Waals surface area contributed by atoms with Gasteiger partial charge in [0.15, 0.2) is 5.96 Å². The molecule has 0 aliphatic carbocycles. The smallest absolute Gasteiger partial charge is 0.387 e. The van der Waals surface area contributed by atoms with Crippen LogP contribution in [0.4, 0.5) is 8.78 Å². The van der Waals surface area contributed by atoms with Crippen LogP contribution in [0.25, 0.3) is 0 Å². The molecule has 7 nitrogen and oxygen atoms in total. The molecule has 10 heteroatoms. The number of benzene rings is 1. The molecule has 0 aliphatic rings. The first-order chi connectivity index (χ1) is 13.8. The number of halogens is 3. The van der Waals surface area contributed by atoms with E-state index in [1.807, 2.05) is 20.8 Å². The Morgan fingerprint density at radius 2 is 1.90 bits per heavy atom. The molecule has 2 unspecified atom stereocenters. The van der Waals surface area contributed by atoms with E-state index < -0.39 is 12.7 Å². The predicted molar refractivity (Wildman–Crippen MR) is 122 cm³/mol. The van der Waals surface area contributed by atoms with Crippen LogP contribution < -0.4 is 15.4 Å². The molecule has 2 rings (SSSR count). The van der Waals surface area contributed by atoms with E-state index in [1.54, 1.807) is 12.1 Å². The number of ether oxygens (including phenoxy) is 1. The molecule has 1 aromatic heterocycles. The summed E-state index contributed by atoms with van der Waals surface area (Å²) in [5, 5.41) is 20.6. The molecule has 168 valence electrons. The lowest BCUT2D eigenvalue weighted by atomic mass is 10.00. The first-order valence-corrected chi connectivity index (χ1v) is 9.49. The van der Waals surface area contributed by atoms with Gasteiger partial charge in [0.25, 0.3) is 0 Å². The second kappa shape index (κ2) is 12.7. The van der Waals surface area contributed by atoms with Crippen LogP contribution in [0.5, 0.6) is 5.75 Å². The van der Waals surface area contributed by atoms with Crippen LogP contribution in [0.1, 0.15) is 48.5 Å². The molecule has 1 aromatic carbocycles. The summed E-state index contributed by atoms with van der Waals surface area (Å²) in [5.41, 5.74) is 2.49. The first-order valence-electron chi connectivity index (χ1n) is 9.49. The minimum Gasteiger partial charge on any atom is -0.435 e. The number of aryl methyl sites for hydroxylation is 2. The molecule has 1 heterocycles. The zero-order chi connectivity index (χ0) is 21.4. The van der Waals surface area contributed by atoms with Crippen molar-refractivity contribution >= 4 is 29.9 Å². The third-order valence-electron chi connectivity index (χ3n) is 4.40. The Balaban J connectivity index is 0.00000450. The highest BCUT2D eigenvalue weighted by Gasteiger charge is 2.16. The first kappa shape index (κ1) is 26.1. The minimum atomic E-state index is -2.88. The van der Waals surface area contributed by atoms with Gasteiger partial charge in [0.2, 0.25) is 0 Å². The van der Waals surface area contributed by atoms with Gasteiger partial charge in [0.1, 0.15) is 11.5 Å². The standard InChI is InChI=1S/C20H28F2N4O3.HI/c1-5-23-20(24-10-12(2)18-13(3)26-29-14(18)4)25-11-17(27)15-6-8-16(9-7-15)28-19(21)22;/h6-9,12,17,19,27H,5,10-11H2,1-4H3,(H2,23,24,25);1H. The van der Waals surface area contributed by atoms with E-state index in [0.717, 1.165) is 17.0 Å². The fourth-order valence-electron chi connectivity index (χ4n) is 3.04. The average Bonchev–Trinajstić information content (AvgIpc) is 3.02. The Kier molecular flexibility index (Phi) is 11.0. The molecule has 0 saturated heterocycles. The van der Waals surface area contributed by atoms with Crippen molar-refractivity contribution in [3.8, 4) is 5.75 Å². The number of rotatable bonds is 9. The number of aromatic nitrogens is 1. The summed E-state index contributed by atoms with van der Waals surface area (Å²) in [4.78, 5) is 4.57. The monoisotopic (exact) mass is 538 g/mol. The van der Waals surface area contributed by atoms with Crippen molar-refractivity contribution in [2.75, 3.05) is 19.6 Å². The maximum Gasteiger partial charge on any atom is 0.387 e. The van der Waals surface area contributed by atoms with Gasteiger partial charge in [-0.3, -0.25) is 4.99 Å². The summed E-state index contributed by atoms with van der Waals surface area (Å²) in [6.07, 6.45) is -0.834. The molecular formula is C20H29F2IN4O3. The average molecular weight is 538 g/mol. The van der Waals surface area contributed by atoms with E-state index in [0.29, 0.717) is 24.6 Å². The summed E-state index contributed by atoms with van der Waals surface area (Å²) >= 11 is 0. The molecule has 0 fully saturated rings. The quantitative estimate of drug-likeness (QED) is 0.255. The van der Waals surface area contributed by atoms with Crippen LogP contribution in [0.3, 0.4) is 0 Å². The minimum absolute atomic E-state index is 0. The number of guanidine groups is 1. The fourth-order valence-corrected chi connectivity index (χ4v) is 3.04. The zero-order valence-electron chi connectivity index (χ0n) is 17.5. The molecule has 0 saturated carbocycles. The normalized spacial score (nSPS) is 13.5. The Hall–Kier alpha value is -1.95. The maximum absolute atomic E-state index is 12.2. The van der Waals surface area contributed by atoms with Gasteiger partial charge in [-0.25, -0.2) is 0 Å². The Morgan fingerprint density at radius 3 is 2.43 bits per heavy atom. The molecule has 0 spiro atoms. The number of hydrogen-bond donors (Lipinski definition) is 3. The molecule has 3 N–H and O–H groups in total. The van der Waals surface area contributed by atoms with Gasteiger partial charge in [-0.05, 0) is 38.5 Å². The van der Waals surface area contributed by atoms with E-state index in [2.05, 4.69) is 32.4 Å². The van der Waals surface area contributed by atoms with E-state index >= 15 is 0 Å². The number of nitrogens with zero attached hydrogens (tertiary/aromatic N) is 2. The van der Waals surface area contributed by atoms with E-state index in [4.69, 9.17) is 4.52 Å². The van der Waals surface area contributed by atoms with E-state index in [-0.39, 0.29) is 42.2 Å². The summed E-state index contributed by atoms with van der Waals surface area (Å²) in [7, 11) is 0. The van der Waals surface area contributed by atoms with Crippen LogP contribution in [0.15, 0.2) is 33.8 Å². The molecule has 30 heavy (non-hydrogen) atoms. The molecule has 0 amide bonds. The lowest BCUT2D eigenvalue weighted by Gasteiger charge is -2.17. The highest BCUT2D eigenvalue weighted by Crippen LogP contribution is 2.23. The second-order valence-electron chi connectivity index (χ2n) is 6.70. The van der Waals surface area contributed by atoms with E-state index in [9.17, 15) is 13.9 Å². The van der Waals surface area contributed by atoms with Crippen LogP contribution in [0, 0.1) is 13.8 Å². The zero-order valence-corrected chi connectivity index (χ0v) is 19.8. The number of aliphatic hydroxyl groups excluding tert-OH is 1. The highest BCUT2D eigenvalue weighted by atomic mass is 127. The fraction of sp³-hybridized carbons (Fsp3) is 0.500. The Bertz CT molecular complexity index is 780. The van der Waals surface area contributed by atoms with Crippen molar-refractivity contribution in [2.24, 2.45) is 4.99 Å². The number of alkyl halides is 2. The SMILES string of the molecule is CCNC(=NCC(C)c1c(C)noc1C)NCC(O)c1ccc(OC(F)F)cc1.I. The molecule has 2 aromatic rings. The third kappa shape index (κ3) is 7.71. The molecule has 0 aliphatic heterocycles. The summed E-state index contributed by atoms with van der Waals surface area (Å²) in [6.45, 7) is 6.32. The topological polar surface area (TPSA) is 91.9 Å². The summed E-state index contributed by atoms with van der Waals surface area (Å²) < 4.78 is 34.0.